The molecule has 4 heteroatoms. The van der Waals surface area contributed by atoms with Gasteiger partial charge in [-0.15, -0.1) is 0 Å². The zero-order valence-electron chi connectivity index (χ0n) is 12.2. The standard InChI is InChI=1S/C17H18N2O2/c1-13-5-10-16(21-13)17(20)19(2)12-15-8-6-14(7-9-15)4-3-11-18/h5-10H,11-12,18H2,1-2H3. The van der Waals surface area contributed by atoms with E-state index in [1.165, 1.54) is 0 Å². The third-order valence-electron chi connectivity index (χ3n) is 3.01. The maximum Gasteiger partial charge on any atom is 0.289 e. The van der Waals surface area contributed by atoms with E-state index < -0.39 is 0 Å². The maximum absolute atomic E-state index is 12.2. The monoisotopic (exact) mass is 282 g/mol. The van der Waals surface area contributed by atoms with Crippen molar-refractivity contribution >= 4 is 5.91 Å². The molecule has 0 bridgehead atoms. The maximum atomic E-state index is 12.2. The van der Waals surface area contributed by atoms with Crippen molar-refractivity contribution in [3.8, 4) is 11.8 Å². The number of nitrogens with zero attached hydrogens (tertiary/aromatic N) is 1. The summed E-state index contributed by atoms with van der Waals surface area (Å²) in [6.45, 7) is 2.68. The molecule has 1 heterocycles. The molecule has 108 valence electrons. The fourth-order valence-electron chi connectivity index (χ4n) is 1.93. The molecule has 0 aliphatic heterocycles. The first-order chi connectivity index (χ1) is 10.1. The number of nitrogens with two attached hydrogens (primary N) is 1. The molecule has 0 saturated heterocycles. The summed E-state index contributed by atoms with van der Waals surface area (Å²) in [5, 5.41) is 0. The van der Waals surface area contributed by atoms with Gasteiger partial charge in [0.1, 0.15) is 5.76 Å². The van der Waals surface area contributed by atoms with Crippen LogP contribution in [0.1, 0.15) is 27.4 Å². The molecule has 1 aromatic heterocycles. The molecule has 2 aromatic rings. The normalized spacial score (nSPS) is 9.86. The summed E-state index contributed by atoms with van der Waals surface area (Å²) in [5.41, 5.74) is 7.29. The number of hydrogen-bond acceptors (Lipinski definition) is 3. The fourth-order valence-corrected chi connectivity index (χ4v) is 1.93. The molecule has 0 saturated carbocycles. The smallest absolute Gasteiger partial charge is 0.289 e. The molecule has 1 aromatic carbocycles. The van der Waals surface area contributed by atoms with E-state index in [-0.39, 0.29) is 5.91 Å². The number of aryl methyl sites for hydroxylation is 1. The zero-order chi connectivity index (χ0) is 15.2. The Morgan fingerprint density at radius 2 is 1.95 bits per heavy atom. The molecule has 0 radical (unpaired) electrons. The van der Waals surface area contributed by atoms with E-state index in [9.17, 15) is 4.79 Å². The first-order valence-electron chi connectivity index (χ1n) is 6.70. The van der Waals surface area contributed by atoms with Crippen LogP contribution in [0.15, 0.2) is 40.8 Å². The zero-order valence-corrected chi connectivity index (χ0v) is 12.2. The van der Waals surface area contributed by atoms with Gasteiger partial charge in [0, 0.05) is 19.2 Å². The Hall–Kier alpha value is -2.51. The summed E-state index contributed by atoms with van der Waals surface area (Å²) in [4.78, 5) is 13.8. The van der Waals surface area contributed by atoms with Gasteiger partial charge in [0.25, 0.3) is 5.91 Å². The average Bonchev–Trinajstić information content (AvgIpc) is 2.92. The van der Waals surface area contributed by atoms with Crippen LogP contribution in [0.3, 0.4) is 0 Å². The van der Waals surface area contributed by atoms with Gasteiger partial charge in [0.05, 0.1) is 6.54 Å². The Labute approximate surface area is 124 Å². The Morgan fingerprint density at radius 3 is 2.52 bits per heavy atom. The number of amides is 1. The van der Waals surface area contributed by atoms with Gasteiger partial charge in [-0.3, -0.25) is 4.79 Å². The lowest BCUT2D eigenvalue weighted by molar-refractivity contribution is 0.0752. The molecule has 4 nitrogen and oxygen atoms in total. The van der Waals surface area contributed by atoms with E-state index in [1.54, 1.807) is 24.1 Å². The summed E-state index contributed by atoms with van der Waals surface area (Å²) in [7, 11) is 1.75. The molecular weight excluding hydrogens is 264 g/mol. The van der Waals surface area contributed by atoms with Crippen molar-refractivity contribution in [2.75, 3.05) is 13.6 Å². The molecule has 1 amide bonds. The highest BCUT2D eigenvalue weighted by Gasteiger charge is 2.15. The van der Waals surface area contributed by atoms with Crippen molar-refractivity contribution in [1.29, 1.82) is 0 Å². The SMILES string of the molecule is Cc1ccc(C(=O)N(C)Cc2ccc(C#CCN)cc2)o1. The topological polar surface area (TPSA) is 59.5 Å². The minimum atomic E-state index is -0.130. The highest BCUT2D eigenvalue weighted by Crippen LogP contribution is 2.12. The van der Waals surface area contributed by atoms with Crippen molar-refractivity contribution in [1.82, 2.24) is 4.90 Å². The minimum Gasteiger partial charge on any atom is -0.456 e. The predicted molar refractivity (Wildman–Crippen MR) is 81.6 cm³/mol. The van der Waals surface area contributed by atoms with Gasteiger partial charge < -0.3 is 15.1 Å². The van der Waals surface area contributed by atoms with Crippen LogP contribution in [0, 0.1) is 18.8 Å². The van der Waals surface area contributed by atoms with Gasteiger partial charge in [0.2, 0.25) is 0 Å². The Bertz CT molecular complexity index is 675. The molecule has 0 aliphatic carbocycles. The Kier molecular flexibility index (Phi) is 4.81. The first kappa shape index (κ1) is 14.9. The first-order valence-corrected chi connectivity index (χ1v) is 6.70. The van der Waals surface area contributed by atoms with E-state index >= 15 is 0 Å². The third kappa shape index (κ3) is 3.98. The number of rotatable bonds is 3. The molecule has 0 spiro atoms. The van der Waals surface area contributed by atoms with E-state index in [2.05, 4.69) is 11.8 Å². The summed E-state index contributed by atoms with van der Waals surface area (Å²) >= 11 is 0. The van der Waals surface area contributed by atoms with Crippen molar-refractivity contribution in [3.05, 3.63) is 59.0 Å². The quantitative estimate of drug-likeness (QED) is 0.878. The van der Waals surface area contributed by atoms with Gasteiger partial charge in [-0.2, -0.15) is 0 Å². The molecular formula is C17H18N2O2. The number of hydrogen-bond donors (Lipinski definition) is 1. The second-order valence-electron chi connectivity index (χ2n) is 4.77. The Balaban J connectivity index is 2.02. The van der Waals surface area contributed by atoms with Crippen LogP contribution in [0.25, 0.3) is 0 Å². The number of carbonyl (C=O) groups is 1. The molecule has 0 unspecified atom stereocenters. The molecule has 0 fully saturated rings. The van der Waals surface area contributed by atoms with Gasteiger partial charge >= 0.3 is 0 Å². The summed E-state index contributed by atoms with van der Waals surface area (Å²) in [6, 6.07) is 11.2. The van der Waals surface area contributed by atoms with Crippen molar-refractivity contribution < 1.29 is 9.21 Å². The van der Waals surface area contributed by atoms with Crippen LogP contribution >= 0.6 is 0 Å². The lowest BCUT2D eigenvalue weighted by Crippen LogP contribution is -2.25. The largest absolute Gasteiger partial charge is 0.456 e. The highest BCUT2D eigenvalue weighted by molar-refractivity contribution is 5.91. The fraction of sp³-hybridized carbons (Fsp3) is 0.235. The van der Waals surface area contributed by atoms with E-state index in [0.717, 1.165) is 16.9 Å². The average molecular weight is 282 g/mol. The number of furan rings is 1. The predicted octanol–water partition coefficient (Wildman–Crippen LogP) is 2.17. The molecule has 2 rings (SSSR count). The summed E-state index contributed by atoms with van der Waals surface area (Å²) < 4.78 is 5.35. The van der Waals surface area contributed by atoms with Gasteiger partial charge in [-0.05, 0) is 36.8 Å². The van der Waals surface area contributed by atoms with Crippen LogP contribution in [0.2, 0.25) is 0 Å². The highest BCUT2D eigenvalue weighted by atomic mass is 16.3. The third-order valence-corrected chi connectivity index (χ3v) is 3.01. The van der Waals surface area contributed by atoms with Crippen molar-refractivity contribution in [3.63, 3.8) is 0 Å². The van der Waals surface area contributed by atoms with Crippen LogP contribution in [-0.2, 0) is 6.54 Å². The lowest BCUT2D eigenvalue weighted by Gasteiger charge is -2.15. The van der Waals surface area contributed by atoms with Crippen molar-refractivity contribution in [2.24, 2.45) is 5.73 Å². The van der Waals surface area contributed by atoms with Crippen molar-refractivity contribution in [2.45, 2.75) is 13.5 Å². The summed E-state index contributed by atoms with van der Waals surface area (Å²) in [5.74, 6) is 6.74. The number of benzene rings is 1. The molecule has 21 heavy (non-hydrogen) atoms. The second-order valence-corrected chi connectivity index (χ2v) is 4.77. The van der Waals surface area contributed by atoms with E-state index in [4.69, 9.17) is 10.2 Å². The Morgan fingerprint density at radius 1 is 1.24 bits per heavy atom. The van der Waals surface area contributed by atoms with Gasteiger partial charge in [-0.25, -0.2) is 0 Å². The number of carbonyl (C=O) groups excluding carboxylic acids is 1. The van der Waals surface area contributed by atoms with E-state index in [0.29, 0.717) is 18.8 Å². The van der Waals surface area contributed by atoms with Crippen LogP contribution in [0.5, 0.6) is 0 Å². The lowest BCUT2D eigenvalue weighted by atomic mass is 10.1. The van der Waals surface area contributed by atoms with Crippen LogP contribution < -0.4 is 5.73 Å². The molecule has 0 aliphatic rings. The molecule has 2 N–H and O–H groups in total. The summed E-state index contributed by atoms with van der Waals surface area (Å²) in [6.07, 6.45) is 0. The van der Waals surface area contributed by atoms with Crippen LogP contribution in [0.4, 0.5) is 0 Å². The van der Waals surface area contributed by atoms with Gasteiger partial charge in [0.15, 0.2) is 5.76 Å². The van der Waals surface area contributed by atoms with E-state index in [1.807, 2.05) is 31.2 Å². The molecule has 0 atom stereocenters. The minimum absolute atomic E-state index is 0.130. The van der Waals surface area contributed by atoms with Gasteiger partial charge in [-0.1, -0.05) is 24.0 Å². The second kappa shape index (κ2) is 6.78. The van der Waals surface area contributed by atoms with Crippen LogP contribution in [-0.4, -0.2) is 24.4 Å².